The van der Waals surface area contributed by atoms with E-state index in [1.165, 1.54) is 0 Å². The van der Waals surface area contributed by atoms with Crippen molar-refractivity contribution in [3.05, 3.63) is 33.6 Å². The molecule has 8 heteroatoms. The van der Waals surface area contributed by atoms with Crippen LogP contribution in [0, 0.1) is 15.9 Å². The van der Waals surface area contributed by atoms with Crippen LogP contribution >= 0.6 is 0 Å². The minimum Gasteiger partial charge on any atom is -0.478 e. The van der Waals surface area contributed by atoms with Gasteiger partial charge in [0.1, 0.15) is 17.1 Å². The monoisotopic (exact) mass is 284 g/mol. The average Bonchev–Trinajstić information content (AvgIpc) is 2.90. The normalized spacial score (nSPS) is 18.0. The van der Waals surface area contributed by atoms with E-state index in [0.717, 1.165) is 12.1 Å². The van der Waals surface area contributed by atoms with Crippen molar-refractivity contribution >= 4 is 17.3 Å². The Balaban J connectivity index is 2.48. The molecule has 1 heterocycles. The SMILES string of the molecule is CN(c1cc(F)c(C(=O)O)cc1[N+](=O)[O-])C1CCOC1. The summed E-state index contributed by atoms with van der Waals surface area (Å²) >= 11 is 0. The first-order chi connectivity index (χ1) is 9.41. The van der Waals surface area contributed by atoms with Gasteiger partial charge in [0, 0.05) is 25.8 Å². The zero-order valence-electron chi connectivity index (χ0n) is 10.7. The van der Waals surface area contributed by atoms with Crippen molar-refractivity contribution in [3.8, 4) is 0 Å². The Morgan fingerprint density at radius 3 is 2.80 bits per heavy atom. The van der Waals surface area contributed by atoms with Crippen LogP contribution in [0.25, 0.3) is 0 Å². The van der Waals surface area contributed by atoms with Crippen LogP contribution in [-0.4, -0.2) is 42.3 Å². The van der Waals surface area contributed by atoms with Crippen molar-refractivity contribution in [2.24, 2.45) is 0 Å². The average molecular weight is 284 g/mol. The van der Waals surface area contributed by atoms with Gasteiger partial charge in [0.25, 0.3) is 5.69 Å². The smallest absolute Gasteiger partial charge is 0.338 e. The van der Waals surface area contributed by atoms with Crippen LogP contribution in [-0.2, 0) is 4.74 Å². The number of nitrogens with zero attached hydrogens (tertiary/aromatic N) is 2. The number of nitro benzene ring substituents is 1. The van der Waals surface area contributed by atoms with Crippen molar-refractivity contribution in [1.82, 2.24) is 0 Å². The third-order valence-corrected chi connectivity index (χ3v) is 3.32. The highest BCUT2D eigenvalue weighted by Crippen LogP contribution is 2.32. The molecule has 1 fully saturated rings. The van der Waals surface area contributed by atoms with Crippen LogP contribution in [0.1, 0.15) is 16.8 Å². The zero-order valence-corrected chi connectivity index (χ0v) is 10.7. The first-order valence-electron chi connectivity index (χ1n) is 5.93. The number of carboxylic acid groups (broad SMARTS) is 1. The molecule has 0 saturated carbocycles. The number of halogens is 1. The number of nitro groups is 1. The van der Waals surface area contributed by atoms with Crippen LogP contribution in [0.2, 0.25) is 0 Å². The lowest BCUT2D eigenvalue weighted by atomic mass is 10.1. The van der Waals surface area contributed by atoms with Crippen LogP contribution in [0.5, 0.6) is 0 Å². The van der Waals surface area contributed by atoms with E-state index in [-0.39, 0.29) is 11.7 Å². The third kappa shape index (κ3) is 2.55. The predicted octanol–water partition coefficient (Wildman–Crippen LogP) is 1.66. The quantitative estimate of drug-likeness (QED) is 0.667. The second-order valence-corrected chi connectivity index (χ2v) is 4.51. The van der Waals surface area contributed by atoms with Crippen molar-refractivity contribution in [3.63, 3.8) is 0 Å². The molecule has 0 spiro atoms. The Hall–Kier alpha value is -2.22. The molecule has 108 valence electrons. The van der Waals surface area contributed by atoms with E-state index < -0.39 is 28.0 Å². The Labute approximate surface area is 113 Å². The third-order valence-electron chi connectivity index (χ3n) is 3.32. The fourth-order valence-corrected chi connectivity index (χ4v) is 2.17. The molecule has 0 amide bonds. The Kier molecular flexibility index (Phi) is 3.84. The van der Waals surface area contributed by atoms with Gasteiger partial charge in [-0.05, 0) is 6.42 Å². The lowest BCUT2D eigenvalue weighted by molar-refractivity contribution is -0.384. The molecule has 1 aromatic carbocycles. The van der Waals surface area contributed by atoms with Gasteiger partial charge in [-0.2, -0.15) is 0 Å². The predicted molar refractivity (Wildman–Crippen MR) is 67.6 cm³/mol. The van der Waals surface area contributed by atoms with E-state index in [9.17, 15) is 19.3 Å². The summed E-state index contributed by atoms with van der Waals surface area (Å²) in [6, 6.07) is 1.54. The Morgan fingerprint density at radius 2 is 2.30 bits per heavy atom. The summed E-state index contributed by atoms with van der Waals surface area (Å²) in [5.74, 6) is -2.53. The summed E-state index contributed by atoms with van der Waals surface area (Å²) in [6.45, 7) is 0.939. The Morgan fingerprint density at radius 1 is 1.60 bits per heavy atom. The molecule has 2 rings (SSSR count). The van der Waals surface area contributed by atoms with Crippen LogP contribution < -0.4 is 4.90 Å². The van der Waals surface area contributed by atoms with E-state index in [0.29, 0.717) is 19.6 Å². The van der Waals surface area contributed by atoms with Gasteiger partial charge in [-0.15, -0.1) is 0 Å². The molecule has 1 saturated heterocycles. The zero-order chi connectivity index (χ0) is 14.9. The highest BCUT2D eigenvalue weighted by atomic mass is 19.1. The van der Waals surface area contributed by atoms with E-state index in [1.807, 2.05) is 0 Å². The van der Waals surface area contributed by atoms with Crippen LogP contribution in [0.3, 0.4) is 0 Å². The first-order valence-corrected chi connectivity index (χ1v) is 5.93. The van der Waals surface area contributed by atoms with Gasteiger partial charge < -0.3 is 14.7 Å². The van der Waals surface area contributed by atoms with Gasteiger partial charge in [0.2, 0.25) is 0 Å². The molecule has 7 nitrogen and oxygen atoms in total. The van der Waals surface area contributed by atoms with E-state index >= 15 is 0 Å². The van der Waals surface area contributed by atoms with Gasteiger partial charge in [0.15, 0.2) is 0 Å². The molecular weight excluding hydrogens is 271 g/mol. The standard InChI is InChI=1S/C12H13FN2O5/c1-14(7-2-3-20-6-7)10-5-9(13)8(12(16)17)4-11(10)15(18)19/h4-5,7H,2-3,6H2,1H3,(H,16,17). The highest BCUT2D eigenvalue weighted by Gasteiger charge is 2.28. The van der Waals surface area contributed by atoms with E-state index in [4.69, 9.17) is 9.84 Å². The summed E-state index contributed by atoms with van der Waals surface area (Å²) in [5.41, 5.74) is -1.09. The summed E-state index contributed by atoms with van der Waals surface area (Å²) in [4.78, 5) is 22.7. The maximum Gasteiger partial charge on any atom is 0.338 e. The molecule has 1 aliphatic heterocycles. The molecule has 0 radical (unpaired) electrons. The fourth-order valence-electron chi connectivity index (χ4n) is 2.17. The number of aromatic carboxylic acids is 1. The molecule has 1 aliphatic rings. The van der Waals surface area contributed by atoms with Gasteiger partial charge in [-0.25, -0.2) is 9.18 Å². The largest absolute Gasteiger partial charge is 0.478 e. The topological polar surface area (TPSA) is 92.9 Å². The van der Waals surface area contributed by atoms with Crippen molar-refractivity contribution < 1.29 is 24.0 Å². The van der Waals surface area contributed by atoms with Crippen molar-refractivity contribution in [2.75, 3.05) is 25.2 Å². The summed E-state index contributed by atoms with van der Waals surface area (Å²) in [5, 5.41) is 19.9. The van der Waals surface area contributed by atoms with Crippen molar-refractivity contribution in [2.45, 2.75) is 12.5 Å². The number of carboxylic acids is 1. The maximum absolute atomic E-state index is 13.7. The summed E-state index contributed by atoms with van der Waals surface area (Å²) in [7, 11) is 1.60. The summed E-state index contributed by atoms with van der Waals surface area (Å²) in [6.07, 6.45) is 0.677. The number of hydrogen-bond acceptors (Lipinski definition) is 5. The maximum atomic E-state index is 13.7. The second kappa shape index (κ2) is 5.41. The van der Waals surface area contributed by atoms with Gasteiger partial charge in [-0.1, -0.05) is 0 Å². The second-order valence-electron chi connectivity index (χ2n) is 4.51. The molecule has 1 aromatic rings. The van der Waals surface area contributed by atoms with E-state index in [2.05, 4.69) is 0 Å². The van der Waals surface area contributed by atoms with E-state index in [1.54, 1.807) is 11.9 Å². The van der Waals surface area contributed by atoms with Crippen LogP contribution in [0.4, 0.5) is 15.8 Å². The molecule has 0 aromatic heterocycles. The number of anilines is 1. The molecule has 1 atom stereocenters. The lowest BCUT2D eigenvalue weighted by Crippen LogP contribution is -2.32. The summed E-state index contributed by atoms with van der Waals surface area (Å²) < 4.78 is 18.9. The molecule has 20 heavy (non-hydrogen) atoms. The molecule has 1 N–H and O–H groups in total. The molecule has 0 aliphatic carbocycles. The number of benzene rings is 1. The van der Waals surface area contributed by atoms with Gasteiger partial charge in [-0.3, -0.25) is 10.1 Å². The Bertz CT molecular complexity index is 557. The fraction of sp³-hybridized carbons (Fsp3) is 0.417. The van der Waals surface area contributed by atoms with Crippen LogP contribution in [0.15, 0.2) is 12.1 Å². The lowest BCUT2D eigenvalue weighted by Gasteiger charge is -2.25. The molecular formula is C12H13FN2O5. The number of hydrogen-bond donors (Lipinski definition) is 1. The first kappa shape index (κ1) is 14.2. The number of ether oxygens (including phenoxy) is 1. The van der Waals surface area contributed by atoms with Crippen molar-refractivity contribution in [1.29, 1.82) is 0 Å². The van der Waals surface area contributed by atoms with Gasteiger partial charge in [0.05, 0.1) is 17.6 Å². The molecule has 1 unspecified atom stereocenters. The number of likely N-dealkylation sites (N-methyl/N-ethyl adjacent to an activating group) is 1. The number of rotatable bonds is 4. The van der Waals surface area contributed by atoms with Gasteiger partial charge >= 0.3 is 5.97 Å². The highest BCUT2D eigenvalue weighted by molar-refractivity contribution is 5.90. The minimum absolute atomic E-state index is 0.0491. The minimum atomic E-state index is -1.54. The number of carbonyl (C=O) groups is 1. The molecule has 0 bridgehead atoms.